The molecule has 0 saturated carbocycles. The molecule has 0 atom stereocenters. The van der Waals surface area contributed by atoms with Crippen LogP contribution in [0.5, 0.6) is 11.5 Å². The highest BCUT2D eigenvalue weighted by atomic mass is 79.9. The first-order valence-electron chi connectivity index (χ1n) is 6.59. The number of nitrogens with one attached hydrogen (secondary N) is 1. The van der Waals surface area contributed by atoms with E-state index in [0.717, 1.165) is 4.47 Å². The molecule has 0 fully saturated rings. The molecule has 0 saturated heterocycles. The number of anilines is 1. The number of para-hydroxylation sites is 2. The number of hydrogen-bond donors (Lipinski definition) is 1. The molecule has 2 aromatic carbocycles. The summed E-state index contributed by atoms with van der Waals surface area (Å²) in [5.74, 6) is 1.06. The van der Waals surface area contributed by atoms with Gasteiger partial charge in [0.05, 0.1) is 12.3 Å². The van der Waals surface area contributed by atoms with Crippen molar-refractivity contribution < 1.29 is 14.3 Å². The van der Waals surface area contributed by atoms with Crippen LogP contribution < -0.4 is 14.8 Å². The van der Waals surface area contributed by atoms with Crippen molar-refractivity contribution in [2.75, 3.05) is 18.5 Å². The lowest BCUT2D eigenvalue weighted by molar-refractivity contribution is -0.118. The summed E-state index contributed by atoms with van der Waals surface area (Å²) < 4.78 is 11.8. The Kier molecular flexibility index (Phi) is 5.63. The maximum atomic E-state index is 11.9. The third kappa shape index (κ3) is 4.79. The van der Waals surface area contributed by atoms with Crippen molar-refractivity contribution in [3.63, 3.8) is 0 Å². The number of ether oxygens (including phenoxy) is 2. The highest BCUT2D eigenvalue weighted by Gasteiger charge is 2.08. The van der Waals surface area contributed by atoms with Gasteiger partial charge in [0.1, 0.15) is 11.5 Å². The minimum Gasteiger partial charge on any atom is -0.492 e. The van der Waals surface area contributed by atoms with E-state index >= 15 is 0 Å². The smallest absolute Gasteiger partial charge is 0.262 e. The molecule has 0 unspecified atom stereocenters. The maximum absolute atomic E-state index is 11.9. The van der Waals surface area contributed by atoms with Gasteiger partial charge in [-0.2, -0.15) is 0 Å². The van der Waals surface area contributed by atoms with Crippen LogP contribution in [0, 0.1) is 0 Å². The average Bonchev–Trinajstić information content (AvgIpc) is 2.49. The number of benzene rings is 2. The minimum absolute atomic E-state index is 0.0535. The standard InChI is InChI=1S/C16H16BrNO3/c1-2-20-15-6-4-3-5-14(15)18-16(19)11-21-13-9-7-12(17)8-10-13/h3-10H,2,11H2,1H3,(H,18,19). The van der Waals surface area contributed by atoms with Crippen molar-refractivity contribution in [3.05, 3.63) is 53.0 Å². The Morgan fingerprint density at radius 1 is 1.10 bits per heavy atom. The Morgan fingerprint density at radius 2 is 1.81 bits per heavy atom. The molecule has 0 radical (unpaired) electrons. The molecule has 0 aliphatic heterocycles. The van der Waals surface area contributed by atoms with Gasteiger partial charge in [-0.1, -0.05) is 28.1 Å². The molecule has 0 aliphatic rings. The Balaban J connectivity index is 1.91. The van der Waals surface area contributed by atoms with Gasteiger partial charge in [0.15, 0.2) is 6.61 Å². The van der Waals surface area contributed by atoms with Gasteiger partial charge in [0.2, 0.25) is 0 Å². The molecule has 0 heterocycles. The summed E-state index contributed by atoms with van der Waals surface area (Å²) in [4.78, 5) is 11.9. The first-order valence-corrected chi connectivity index (χ1v) is 7.38. The molecule has 1 amide bonds. The van der Waals surface area contributed by atoms with E-state index in [1.54, 1.807) is 18.2 Å². The Hall–Kier alpha value is -2.01. The lowest BCUT2D eigenvalue weighted by Gasteiger charge is -2.11. The van der Waals surface area contributed by atoms with Crippen LogP contribution in [-0.2, 0) is 4.79 Å². The van der Waals surface area contributed by atoms with E-state index in [0.29, 0.717) is 23.8 Å². The molecule has 110 valence electrons. The van der Waals surface area contributed by atoms with E-state index < -0.39 is 0 Å². The van der Waals surface area contributed by atoms with Crippen LogP contribution in [0.25, 0.3) is 0 Å². The van der Waals surface area contributed by atoms with Crippen molar-refractivity contribution in [2.45, 2.75) is 6.92 Å². The van der Waals surface area contributed by atoms with E-state index in [4.69, 9.17) is 9.47 Å². The van der Waals surface area contributed by atoms with Crippen LogP contribution in [0.1, 0.15) is 6.92 Å². The highest BCUT2D eigenvalue weighted by molar-refractivity contribution is 9.10. The van der Waals surface area contributed by atoms with Crippen molar-refractivity contribution in [1.82, 2.24) is 0 Å². The first-order chi connectivity index (χ1) is 10.2. The molecule has 21 heavy (non-hydrogen) atoms. The van der Waals surface area contributed by atoms with Crippen LogP contribution >= 0.6 is 15.9 Å². The van der Waals surface area contributed by atoms with Gasteiger partial charge in [-0.15, -0.1) is 0 Å². The highest BCUT2D eigenvalue weighted by Crippen LogP contribution is 2.23. The summed E-state index contributed by atoms with van der Waals surface area (Å²) in [6, 6.07) is 14.6. The van der Waals surface area contributed by atoms with E-state index in [2.05, 4.69) is 21.2 Å². The van der Waals surface area contributed by atoms with Gasteiger partial charge < -0.3 is 14.8 Å². The molecular formula is C16H16BrNO3. The van der Waals surface area contributed by atoms with E-state index in [9.17, 15) is 4.79 Å². The quantitative estimate of drug-likeness (QED) is 0.861. The van der Waals surface area contributed by atoms with Crippen LogP contribution in [0.3, 0.4) is 0 Å². The fourth-order valence-electron chi connectivity index (χ4n) is 1.72. The Morgan fingerprint density at radius 3 is 2.52 bits per heavy atom. The second kappa shape index (κ2) is 7.69. The third-order valence-electron chi connectivity index (χ3n) is 2.64. The Bertz CT molecular complexity index is 599. The predicted octanol–water partition coefficient (Wildman–Crippen LogP) is 3.87. The second-order valence-corrected chi connectivity index (χ2v) is 5.14. The summed E-state index contributed by atoms with van der Waals surface area (Å²) in [6.07, 6.45) is 0. The van der Waals surface area contributed by atoms with E-state index in [1.165, 1.54) is 0 Å². The lowest BCUT2D eigenvalue weighted by Crippen LogP contribution is -2.20. The van der Waals surface area contributed by atoms with E-state index in [1.807, 2.05) is 37.3 Å². The molecule has 4 nitrogen and oxygen atoms in total. The number of carbonyl (C=O) groups excluding carboxylic acids is 1. The van der Waals surface area contributed by atoms with Gasteiger partial charge in [0, 0.05) is 4.47 Å². The number of amides is 1. The predicted molar refractivity (Wildman–Crippen MR) is 85.9 cm³/mol. The SMILES string of the molecule is CCOc1ccccc1NC(=O)COc1ccc(Br)cc1. The van der Waals surface area contributed by atoms with Crippen molar-refractivity contribution >= 4 is 27.5 Å². The van der Waals surface area contributed by atoms with Gasteiger partial charge >= 0.3 is 0 Å². The van der Waals surface area contributed by atoms with Gasteiger partial charge in [-0.05, 0) is 43.3 Å². The van der Waals surface area contributed by atoms with E-state index in [-0.39, 0.29) is 12.5 Å². The fraction of sp³-hybridized carbons (Fsp3) is 0.188. The zero-order chi connectivity index (χ0) is 15.1. The van der Waals surface area contributed by atoms with Crippen molar-refractivity contribution in [1.29, 1.82) is 0 Å². The Labute approximate surface area is 132 Å². The van der Waals surface area contributed by atoms with Crippen LogP contribution in [0.4, 0.5) is 5.69 Å². The summed E-state index contributed by atoms with van der Waals surface area (Å²) in [7, 11) is 0. The molecule has 5 heteroatoms. The zero-order valence-corrected chi connectivity index (χ0v) is 13.2. The van der Waals surface area contributed by atoms with Crippen molar-refractivity contribution in [3.8, 4) is 11.5 Å². The molecular weight excluding hydrogens is 334 g/mol. The summed E-state index contributed by atoms with van der Waals surface area (Å²) in [6.45, 7) is 2.39. The molecule has 0 bridgehead atoms. The number of carbonyl (C=O) groups is 1. The molecule has 2 aromatic rings. The molecule has 2 rings (SSSR count). The second-order valence-electron chi connectivity index (χ2n) is 4.22. The summed E-state index contributed by atoms with van der Waals surface area (Å²) in [5.41, 5.74) is 0.642. The van der Waals surface area contributed by atoms with Crippen LogP contribution in [0.2, 0.25) is 0 Å². The largest absolute Gasteiger partial charge is 0.492 e. The van der Waals surface area contributed by atoms with Gasteiger partial charge in [0.25, 0.3) is 5.91 Å². The monoisotopic (exact) mass is 349 g/mol. The summed E-state index contributed by atoms with van der Waals surface area (Å²) in [5, 5.41) is 2.78. The lowest BCUT2D eigenvalue weighted by atomic mass is 10.3. The number of rotatable bonds is 6. The topological polar surface area (TPSA) is 47.6 Å². The average molecular weight is 350 g/mol. The molecule has 1 N–H and O–H groups in total. The summed E-state index contributed by atoms with van der Waals surface area (Å²) >= 11 is 3.34. The third-order valence-corrected chi connectivity index (χ3v) is 3.17. The molecule has 0 aliphatic carbocycles. The number of hydrogen-bond acceptors (Lipinski definition) is 3. The van der Waals surface area contributed by atoms with Crippen molar-refractivity contribution in [2.24, 2.45) is 0 Å². The normalized spacial score (nSPS) is 10.0. The first kappa shape index (κ1) is 15.4. The van der Waals surface area contributed by atoms with Gasteiger partial charge in [-0.3, -0.25) is 4.79 Å². The fourth-order valence-corrected chi connectivity index (χ4v) is 1.98. The molecule has 0 spiro atoms. The van der Waals surface area contributed by atoms with Crippen LogP contribution in [0.15, 0.2) is 53.0 Å². The van der Waals surface area contributed by atoms with Crippen LogP contribution in [-0.4, -0.2) is 19.1 Å². The minimum atomic E-state index is -0.231. The maximum Gasteiger partial charge on any atom is 0.262 e. The molecule has 0 aromatic heterocycles. The number of halogens is 1. The zero-order valence-electron chi connectivity index (χ0n) is 11.6. The van der Waals surface area contributed by atoms with Gasteiger partial charge in [-0.25, -0.2) is 0 Å².